The van der Waals surface area contributed by atoms with Crippen molar-refractivity contribution < 1.29 is 12.6 Å². The van der Waals surface area contributed by atoms with Gasteiger partial charge < -0.3 is 0 Å². The highest BCUT2D eigenvalue weighted by atomic mass is 32.2. The van der Waals surface area contributed by atoms with E-state index in [1.54, 1.807) is 12.4 Å². The molecule has 0 saturated heterocycles. The fourth-order valence-corrected chi connectivity index (χ4v) is 1.20. The minimum atomic E-state index is -3.39. The summed E-state index contributed by atoms with van der Waals surface area (Å²) in [5.74, 6) is 0.377. The van der Waals surface area contributed by atoms with Crippen molar-refractivity contribution in [3.63, 3.8) is 0 Å². The summed E-state index contributed by atoms with van der Waals surface area (Å²) < 4.78 is 27.4. The van der Waals surface area contributed by atoms with E-state index >= 15 is 0 Å². The molecule has 1 aromatic rings. The molecule has 0 bridgehead atoms. The molecule has 1 aromatic heterocycles. The van der Waals surface area contributed by atoms with Gasteiger partial charge >= 0.3 is 0 Å². The Kier molecular flexibility index (Phi) is 3.28. The van der Waals surface area contributed by atoms with Crippen molar-refractivity contribution in [2.45, 2.75) is 26.5 Å². The van der Waals surface area contributed by atoms with Gasteiger partial charge in [0, 0.05) is 6.20 Å². The Morgan fingerprint density at radius 3 is 2.64 bits per heavy atom. The van der Waals surface area contributed by atoms with Crippen molar-refractivity contribution in [2.75, 3.05) is 6.26 Å². The van der Waals surface area contributed by atoms with Crippen molar-refractivity contribution in [3.8, 4) is 0 Å². The molecule has 14 heavy (non-hydrogen) atoms. The molecule has 1 rings (SSSR count). The highest BCUT2D eigenvalue weighted by molar-refractivity contribution is 7.85. The van der Waals surface area contributed by atoms with Crippen LogP contribution in [-0.4, -0.2) is 24.5 Å². The molecule has 0 N–H and O–H groups in total. The van der Waals surface area contributed by atoms with Crippen LogP contribution in [0.15, 0.2) is 12.4 Å². The summed E-state index contributed by atoms with van der Waals surface area (Å²) in [6.07, 6.45) is 4.49. The van der Waals surface area contributed by atoms with E-state index in [2.05, 4.69) is 9.28 Å². The summed E-state index contributed by atoms with van der Waals surface area (Å²) in [5.41, 5.74) is 1.06. The molecule has 0 atom stereocenters. The van der Waals surface area contributed by atoms with Crippen LogP contribution >= 0.6 is 0 Å². The quantitative estimate of drug-likeness (QED) is 0.706. The maximum atomic E-state index is 10.7. The molecule has 0 spiro atoms. The topological polar surface area (TPSA) is 61.2 Å². The van der Waals surface area contributed by atoms with Gasteiger partial charge in [-0.25, -0.2) is 8.86 Å². The third-order valence-electron chi connectivity index (χ3n) is 1.72. The zero-order chi connectivity index (χ0) is 10.8. The lowest BCUT2D eigenvalue weighted by molar-refractivity contribution is 0.230. The zero-order valence-electron chi connectivity index (χ0n) is 8.47. The molecule has 0 saturated carbocycles. The van der Waals surface area contributed by atoms with Gasteiger partial charge in [-0.1, -0.05) is 13.8 Å². The van der Waals surface area contributed by atoms with E-state index < -0.39 is 10.1 Å². The summed E-state index contributed by atoms with van der Waals surface area (Å²) in [4.78, 5) is 0. The van der Waals surface area contributed by atoms with E-state index in [9.17, 15) is 8.42 Å². The van der Waals surface area contributed by atoms with Gasteiger partial charge in [0.05, 0.1) is 12.5 Å². The molecule has 0 aliphatic carbocycles. The van der Waals surface area contributed by atoms with E-state index in [4.69, 9.17) is 0 Å². The lowest BCUT2D eigenvalue weighted by Crippen LogP contribution is -2.08. The first-order valence-corrected chi connectivity index (χ1v) is 6.07. The Hall–Kier alpha value is -0.880. The normalized spacial score (nSPS) is 12.3. The van der Waals surface area contributed by atoms with E-state index in [0.717, 1.165) is 11.8 Å². The smallest absolute Gasteiger partial charge is 0.247 e. The van der Waals surface area contributed by atoms with E-state index in [1.807, 2.05) is 13.8 Å². The van der Waals surface area contributed by atoms with Crippen LogP contribution in [0.1, 0.15) is 25.3 Å². The fraction of sp³-hybridized carbons (Fsp3) is 0.625. The summed E-state index contributed by atoms with van der Waals surface area (Å²) in [6, 6.07) is 0. The summed E-state index contributed by atoms with van der Waals surface area (Å²) >= 11 is 0. The van der Waals surface area contributed by atoms with Crippen molar-refractivity contribution in [1.29, 1.82) is 0 Å². The summed E-state index contributed by atoms with van der Waals surface area (Å²) in [6.45, 7) is 4.02. The van der Waals surface area contributed by atoms with Gasteiger partial charge in [0.15, 0.2) is 6.73 Å². The van der Waals surface area contributed by atoms with Gasteiger partial charge in [0.2, 0.25) is 0 Å². The number of hydrogen-bond donors (Lipinski definition) is 0. The number of nitrogens with zero attached hydrogens (tertiary/aromatic N) is 2. The SMILES string of the molecule is CC(C)c1cnn(COS(C)(=O)=O)c1. The van der Waals surface area contributed by atoms with Gasteiger partial charge in [0.25, 0.3) is 10.1 Å². The Balaban J connectivity index is 2.61. The first-order chi connectivity index (χ1) is 6.38. The monoisotopic (exact) mass is 218 g/mol. The van der Waals surface area contributed by atoms with Gasteiger partial charge in [-0.15, -0.1) is 0 Å². The van der Waals surface area contributed by atoms with Crippen molar-refractivity contribution >= 4 is 10.1 Å². The fourth-order valence-electron chi connectivity index (χ4n) is 0.898. The van der Waals surface area contributed by atoms with Crippen molar-refractivity contribution in [1.82, 2.24) is 9.78 Å². The Morgan fingerprint density at radius 2 is 2.21 bits per heavy atom. The summed E-state index contributed by atoms with van der Waals surface area (Å²) in [7, 11) is -3.39. The molecule has 0 aromatic carbocycles. The van der Waals surface area contributed by atoms with Crippen LogP contribution in [-0.2, 0) is 21.0 Å². The molecule has 0 radical (unpaired) electrons. The van der Waals surface area contributed by atoms with Crippen LogP contribution in [0.5, 0.6) is 0 Å². The molecular formula is C8H14N2O3S. The molecular weight excluding hydrogens is 204 g/mol. The average Bonchev–Trinajstić information content (AvgIpc) is 2.47. The molecule has 1 heterocycles. The molecule has 0 aliphatic rings. The Labute approximate surface area is 83.8 Å². The lowest BCUT2D eigenvalue weighted by Gasteiger charge is -2.01. The molecule has 0 unspecified atom stereocenters. The van der Waals surface area contributed by atoms with Crippen LogP contribution in [0.2, 0.25) is 0 Å². The highest BCUT2D eigenvalue weighted by Gasteiger charge is 2.05. The molecule has 0 aliphatic heterocycles. The van der Waals surface area contributed by atoms with Crippen LogP contribution in [0, 0.1) is 0 Å². The second kappa shape index (κ2) is 4.10. The molecule has 6 heteroatoms. The standard InChI is InChI=1S/C8H14N2O3S/c1-7(2)8-4-9-10(5-8)6-13-14(3,11)12/h4-5,7H,6H2,1-3H3. The summed E-state index contributed by atoms with van der Waals surface area (Å²) in [5, 5.41) is 3.97. The van der Waals surface area contributed by atoms with Gasteiger partial charge in [-0.05, 0) is 11.5 Å². The van der Waals surface area contributed by atoms with E-state index in [0.29, 0.717) is 5.92 Å². The second-order valence-corrected chi connectivity index (χ2v) is 5.06. The minimum absolute atomic E-state index is 0.0639. The Bertz CT molecular complexity index is 394. The van der Waals surface area contributed by atoms with Crippen LogP contribution in [0.25, 0.3) is 0 Å². The first kappa shape index (κ1) is 11.2. The zero-order valence-corrected chi connectivity index (χ0v) is 9.28. The van der Waals surface area contributed by atoms with Crippen molar-refractivity contribution in [2.24, 2.45) is 0 Å². The molecule has 80 valence electrons. The van der Waals surface area contributed by atoms with E-state index in [-0.39, 0.29) is 6.73 Å². The van der Waals surface area contributed by atoms with Crippen molar-refractivity contribution in [3.05, 3.63) is 18.0 Å². The molecule has 0 fully saturated rings. The maximum absolute atomic E-state index is 10.7. The minimum Gasteiger partial charge on any atom is -0.247 e. The predicted molar refractivity (Wildman–Crippen MR) is 52.2 cm³/mol. The molecule has 0 amide bonds. The van der Waals surface area contributed by atoms with Gasteiger partial charge in [-0.3, -0.25) is 0 Å². The Morgan fingerprint density at radius 1 is 1.57 bits per heavy atom. The number of aromatic nitrogens is 2. The first-order valence-electron chi connectivity index (χ1n) is 4.25. The van der Waals surface area contributed by atoms with Gasteiger partial charge in [0.1, 0.15) is 0 Å². The number of hydrogen-bond acceptors (Lipinski definition) is 4. The highest BCUT2D eigenvalue weighted by Crippen LogP contribution is 2.12. The third kappa shape index (κ3) is 3.47. The maximum Gasteiger partial charge on any atom is 0.266 e. The van der Waals surface area contributed by atoms with E-state index in [1.165, 1.54) is 4.68 Å². The largest absolute Gasteiger partial charge is 0.266 e. The van der Waals surface area contributed by atoms with Crippen LogP contribution < -0.4 is 0 Å². The second-order valence-electron chi connectivity index (χ2n) is 3.42. The van der Waals surface area contributed by atoms with Crippen LogP contribution in [0.4, 0.5) is 0 Å². The number of rotatable bonds is 4. The molecule has 5 nitrogen and oxygen atoms in total. The lowest BCUT2D eigenvalue weighted by atomic mass is 10.1. The average molecular weight is 218 g/mol. The van der Waals surface area contributed by atoms with Crippen LogP contribution in [0.3, 0.4) is 0 Å². The predicted octanol–water partition coefficient (Wildman–Crippen LogP) is 0.940. The third-order valence-corrected chi connectivity index (χ3v) is 2.25. The van der Waals surface area contributed by atoms with Gasteiger partial charge in [-0.2, -0.15) is 13.5 Å².